The van der Waals surface area contributed by atoms with Crippen LogP contribution in [-0.4, -0.2) is 17.8 Å². The fraction of sp³-hybridized carbons (Fsp3) is 0.417. The summed E-state index contributed by atoms with van der Waals surface area (Å²) in [5.41, 5.74) is 0.482. The van der Waals surface area contributed by atoms with Crippen LogP contribution in [0.2, 0.25) is 10.0 Å². The molecule has 94 valence electrons. The maximum absolute atomic E-state index is 11.9. The van der Waals surface area contributed by atoms with Crippen molar-refractivity contribution in [2.24, 2.45) is 5.92 Å². The van der Waals surface area contributed by atoms with Crippen LogP contribution in [0.5, 0.6) is 0 Å². The van der Waals surface area contributed by atoms with Gasteiger partial charge in [-0.15, -0.1) is 11.6 Å². The molecule has 17 heavy (non-hydrogen) atoms. The normalized spacial score (nSPS) is 12.6. The molecule has 1 atom stereocenters. The van der Waals surface area contributed by atoms with Gasteiger partial charge in [0.25, 0.3) is 5.91 Å². The zero-order valence-electron chi connectivity index (χ0n) is 9.64. The van der Waals surface area contributed by atoms with Gasteiger partial charge in [0.15, 0.2) is 0 Å². The van der Waals surface area contributed by atoms with Crippen molar-refractivity contribution in [2.45, 2.75) is 19.9 Å². The van der Waals surface area contributed by atoms with Crippen LogP contribution in [0.1, 0.15) is 24.2 Å². The number of halogens is 3. The van der Waals surface area contributed by atoms with Gasteiger partial charge in [-0.3, -0.25) is 4.79 Å². The van der Waals surface area contributed by atoms with Gasteiger partial charge in [0.2, 0.25) is 0 Å². The van der Waals surface area contributed by atoms with Gasteiger partial charge < -0.3 is 5.32 Å². The maximum Gasteiger partial charge on any atom is 0.251 e. The van der Waals surface area contributed by atoms with E-state index < -0.39 is 0 Å². The maximum atomic E-state index is 11.9. The molecule has 1 rings (SSSR count). The van der Waals surface area contributed by atoms with Crippen molar-refractivity contribution in [2.75, 3.05) is 5.88 Å². The molecule has 0 fully saturated rings. The Kier molecular flexibility index (Phi) is 5.57. The lowest BCUT2D eigenvalue weighted by molar-refractivity contribution is 0.0931. The highest BCUT2D eigenvalue weighted by Crippen LogP contribution is 2.22. The van der Waals surface area contributed by atoms with E-state index in [0.29, 0.717) is 21.5 Å². The average Bonchev–Trinajstić information content (AvgIpc) is 2.28. The van der Waals surface area contributed by atoms with E-state index >= 15 is 0 Å². The zero-order chi connectivity index (χ0) is 13.0. The van der Waals surface area contributed by atoms with Gasteiger partial charge in [-0.05, 0) is 24.1 Å². The predicted octanol–water partition coefficient (Wildman–Crippen LogP) is 3.99. The van der Waals surface area contributed by atoms with Crippen molar-refractivity contribution in [3.05, 3.63) is 33.8 Å². The number of rotatable bonds is 4. The number of alkyl halides is 1. The van der Waals surface area contributed by atoms with E-state index in [0.717, 1.165) is 0 Å². The van der Waals surface area contributed by atoms with Crippen LogP contribution < -0.4 is 5.32 Å². The molecule has 2 nitrogen and oxygen atoms in total. The third-order valence-corrected chi connectivity index (χ3v) is 3.54. The number of carbonyl (C=O) groups excluding carboxylic acids is 1. The first-order valence-electron chi connectivity index (χ1n) is 5.27. The van der Waals surface area contributed by atoms with Crippen LogP contribution in [0.3, 0.4) is 0 Å². The van der Waals surface area contributed by atoms with E-state index in [2.05, 4.69) is 5.32 Å². The number of hydrogen-bond donors (Lipinski definition) is 1. The molecule has 0 spiro atoms. The van der Waals surface area contributed by atoms with Crippen molar-refractivity contribution in [1.29, 1.82) is 0 Å². The van der Waals surface area contributed by atoms with Crippen molar-refractivity contribution in [1.82, 2.24) is 5.32 Å². The second kappa shape index (κ2) is 6.48. The van der Waals surface area contributed by atoms with E-state index in [-0.39, 0.29) is 17.9 Å². The molecule has 1 unspecified atom stereocenters. The highest BCUT2D eigenvalue weighted by atomic mass is 35.5. The largest absolute Gasteiger partial charge is 0.348 e. The van der Waals surface area contributed by atoms with Gasteiger partial charge in [-0.2, -0.15) is 0 Å². The van der Waals surface area contributed by atoms with Gasteiger partial charge in [0.1, 0.15) is 0 Å². The first-order chi connectivity index (χ1) is 7.95. The zero-order valence-corrected chi connectivity index (χ0v) is 11.9. The summed E-state index contributed by atoms with van der Waals surface area (Å²) < 4.78 is 0. The molecule has 1 aromatic rings. The Morgan fingerprint density at radius 2 is 1.94 bits per heavy atom. The number of benzene rings is 1. The molecular weight excluding hydrogens is 280 g/mol. The topological polar surface area (TPSA) is 29.1 Å². The minimum Gasteiger partial charge on any atom is -0.348 e. The Hall–Kier alpha value is -0.440. The number of amides is 1. The van der Waals surface area contributed by atoms with Gasteiger partial charge in [-0.25, -0.2) is 0 Å². The van der Waals surface area contributed by atoms with Crippen molar-refractivity contribution >= 4 is 40.7 Å². The van der Waals surface area contributed by atoms with E-state index in [4.69, 9.17) is 34.8 Å². The quantitative estimate of drug-likeness (QED) is 0.836. The molecule has 1 aromatic carbocycles. The van der Waals surface area contributed by atoms with E-state index in [1.54, 1.807) is 18.2 Å². The Balaban J connectivity index is 2.79. The fourth-order valence-corrected chi connectivity index (χ4v) is 2.00. The lowest BCUT2D eigenvalue weighted by Gasteiger charge is -2.19. The molecule has 5 heteroatoms. The minimum absolute atomic E-state index is 0.0568. The third kappa shape index (κ3) is 4.06. The molecule has 0 aliphatic rings. The molecular formula is C12H14Cl3NO. The lowest BCUT2D eigenvalue weighted by atomic mass is 10.1. The van der Waals surface area contributed by atoms with Crippen LogP contribution in [0.15, 0.2) is 18.2 Å². The Labute approximate surface area is 116 Å². The average molecular weight is 295 g/mol. The number of nitrogens with one attached hydrogen (secondary N) is 1. The summed E-state index contributed by atoms with van der Waals surface area (Å²) in [5, 5.41) is 3.65. The summed E-state index contributed by atoms with van der Waals surface area (Å²) in [6.45, 7) is 4.00. The third-order valence-electron chi connectivity index (χ3n) is 2.47. The highest BCUT2D eigenvalue weighted by molar-refractivity contribution is 6.42. The van der Waals surface area contributed by atoms with Crippen LogP contribution in [0.25, 0.3) is 0 Å². The summed E-state index contributed by atoms with van der Waals surface area (Å²) in [6.07, 6.45) is 0. The number of hydrogen-bond acceptors (Lipinski definition) is 1. The molecule has 0 aliphatic carbocycles. The standard InChI is InChI=1S/C12H14Cl3NO/c1-7(2)11(6-13)16-12(17)8-3-4-9(14)10(15)5-8/h3-5,7,11H,6H2,1-2H3,(H,16,17). The Bertz CT molecular complexity index is 407. The molecule has 0 saturated heterocycles. The fourth-order valence-electron chi connectivity index (χ4n) is 1.27. The van der Waals surface area contributed by atoms with Crippen LogP contribution in [-0.2, 0) is 0 Å². The molecule has 0 radical (unpaired) electrons. The Morgan fingerprint density at radius 1 is 1.29 bits per heavy atom. The summed E-state index contributed by atoms with van der Waals surface area (Å²) in [4.78, 5) is 11.9. The molecule has 0 bridgehead atoms. The van der Waals surface area contributed by atoms with Crippen molar-refractivity contribution in [3.8, 4) is 0 Å². The molecule has 0 aliphatic heterocycles. The van der Waals surface area contributed by atoms with Gasteiger partial charge in [-0.1, -0.05) is 37.0 Å². The van der Waals surface area contributed by atoms with Crippen LogP contribution in [0, 0.1) is 5.92 Å². The summed E-state index contributed by atoms with van der Waals surface area (Å²) >= 11 is 17.4. The van der Waals surface area contributed by atoms with Crippen molar-refractivity contribution in [3.63, 3.8) is 0 Å². The summed E-state index contributed by atoms with van der Waals surface area (Å²) in [5.74, 6) is 0.465. The predicted molar refractivity (Wildman–Crippen MR) is 73.3 cm³/mol. The van der Waals surface area contributed by atoms with E-state index in [1.807, 2.05) is 13.8 Å². The van der Waals surface area contributed by atoms with Crippen LogP contribution >= 0.6 is 34.8 Å². The van der Waals surface area contributed by atoms with E-state index in [9.17, 15) is 4.79 Å². The van der Waals surface area contributed by atoms with Crippen LogP contribution in [0.4, 0.5) is 0 Å². The molecule has 1 amide bonds. The second-order valence-electron chi connectivity index (χ2n) is 4.11. The number of carbonyl (C=O) groups is 1. The highest BCUT2D eigenvalue weighted by Gasteiger charge is 2.16. The van der Waals surface area contributed by atoms with Gasteiger partial charge in [0.05, 0.1) is 10.0 Å². The molecule has 0 saturated carbocycles. The molecule has 0 heterocycles. The second-order valence-corrected chi connectivity index (χ2v) is 5.23. The Morgan fingerprint density at radius 3 is 2.41 bits per heavy atom. The minimum atomic E-state index is -0.192. The first kappa shape index (κ1) is 14.6. The SMILES string of the molecule is CC(C)C(CCl)NC(=O)c1ccc(Cl)c(Cl)c1. The van der Waals surface area contributed by atoms with Crippen molar-refractivity contribution < 1.29 is 4.79 Å². The smallest absolute Gasteiger partial charge is 0.251 e. The summed E-state index contributed by atoms with van der Waals surface area (Å²) in [7, 11) is 0. The van der Waals surface area contributed by atoms with Gasteiger partial charge >= 0.3 is 0 Å². The molecule has 0 aromatic heterocycles. The lowest BCUT2D eigenvalue weighted by Crippen LogP contribution is -2.39. The monoisotopic (exact) mass is 293 g/mol. The van der Waals surface area contributed by atoms with E-state index in [1.165, 1.54) is 0 Å². The first-order valence-corrected chi connectivity index (χ1v) is 6.56. The molecule has 1 N–H and O–H groups in total. The van der Waals surface area contributed by atoms with Gasteiger partial charge in [0, 0.05) is 17.5 Å². The summed E-state index contributed by atoms with van der Waals surface area (Å²) in [6, 6.07) is 4.72.